The highest BCUT2D eigenvalue weighted by Gasteiger charge is 2.29. The van der Waals surface area contributed by atoms with E-state index in [1.165, 1.54) is 30.8 Å². The zero-order chi connectivity index (χ0) is 24.0. The van der Waals surface area contributed by atoms with Gasteiger partial charge in [0, 0.05) is 47.0 Å². The van der Waals surface area contributed by atoms with Crippen molar-refractivity contribution >= 4 is 26.0 Å². The molecule has 0 atom stereocenters. The lowest BCUT2D eigenvalue weighted by Crippen LogP contribution is -2.31. The van der Waals surface area contributed by atoms with Crippen LogP contribution in [0.5, 0.6) is 23.0 Å². The summed E-state index contributed by atoms with van der Waals surface area (Å²) in [5.41, 5.74) is 1.31. The van der Waals surface area contributed by atoms with Crippen molar-refractivity contribution in [3.05, 3.63) is 70.3 Å². The van der Waals surface area contributed by atoms with Crippen molar-refractivity contribution in [2.24, 2.45) is 0 Å². The third kappa shape index (κ3) is 5.58. The summed E-state index contributed by atoms with van der Waals surface area (Å²) in [7, 11) is 2.19. The van der Waals surface area contributed by atoms with E-state index >= 15 is 0 Å². The van der Waals surface area contributed by atoms with Crippen LogP contribution in [0.25, 0.3) is 0 Å². The molecule has 2 aromatic carbocycles. The van der Waals surface area contributed by atoms with Gasteiger partial charge in [0.1, 0.15) is 23.0 Å². The van der Waals surface area contributed by atoms with E-state index in [4.69, 9.17) is 18.9 Å². The molecular weight excluding hydrogens is 512 g/mol. The predicted octanol–water partition coefficient (Wildman–Crippen LogP) is 4.27. The van der Waals surface area contributed by atoms with Gasteiger partial charge in [0.05, 0.1) is 28.4 Å². The summed E-state index contributed by atoms with van der Waals surface area (Å²) in [5, 5.41) is -0.0546. The average Bonchev–Trinajstić information content (AvgIpc) is 2.84. The number of rotatable bonds is 10. The first kappa shape index (κ1) is 24.8. The van der Waals surface area contributed by atoms with Gasteiger partial charge in [0.2, 0.25) is 0 Å². The van der Waals surface area contributed by atoms with Crippen molar-refractivity contribution in [3.8, 4) is 23.0 Å². The van der Waals surface area contributed by atoms with Crippen LogP contribution >= 0.6 is 15.9 Å². The van der Waals surface area contributed by atoms with E-state index in [0.717, 1.165) is 0 Å². The molecule has 0 bridgehead atoms. The number of ether oxygens (including phenoxy) is 4. The highest BCUT2D eigenvalue weighted by Crippen LogP contribution is 2.35. The van der Waals surface area contributed by atoms with Crippen molar-refractivity contribution in [3.63, 3.8) is 0 Å². The summed E-state index contributed by atoms with van der Waals surface area (Å²) in [5.74, 6) is 2.19. The van der Waals surface area contributed by atoms with Crippen molar-refractivity contribution in [1.29, 1.82) is 0 Å². The van der Waals surface area contributed by atoms with Crippen LogP contribution in [0.2, 0.25) is 0 Å². The molecule has 0 unspecified atom stereocenters. The third-order valence-corrected chi connectivity index (χ3v) is 7.42. The first-order valence-corrected chi connectivity index (χ1v) is 12.1. The maximum absolute atomic E-state index is 13.6. The van der Waals surface area contributed by atoms with E-state index in [9.17, 15) is 8.42 Å². The van der Waals surface area contributed by atoms with Crippen LogP contribution in [0.1, 0.15) is 11.1 Å². The Kier molecular flexibility index (Phi) is 8.17. The summed E-state index contributed by atoms with van der Waals surface area (Å²) in [6, 6.07) is 13.5. The number of hydrogen-bond donors (Lipinski definition) is 0. The Morgan fingerprint density at radius 1 is 0.848 bits per heavy atom. The lowest BCUT2D eigenvalue weighted by Gasteiger charge is -2.24. The van der Waals surface area contributed by atoms with Crippen molar-refractivity contribution in [2.45, 2.75) is 18.1 Å². The first-order chi connectivity index (χ1) is 15.8. The van der Waals surface area contributed by atoms with Crippen LogP contribution in [0, 0.1) is 0 Å². The zero-order valence-corrected chi connectivity index (χ0v) is 21.1. The molecule has 0 amide bonds. The maximum Gasteiger partial charge on any atom is 0.261 e. The van der Waals surface area contributed by atoms with Crippen LogP contribution in [0.4, 0.5) is 0 Å². The smallest absolute Gasteiger partial charge is 0.261 e. The lowest BCUT2D eigenvalue weighted by molar-refractivity contribution is 0.357. The fourth-order valence-corrected chi connectivity index (χ4v) is 5.11. The Balaban J connectivity index is 2.10. The van der Waals surface area contributed by atoms with Gasteiger partial charge in [0.25, 0.3) is 10.0 Å². The monoisotopic (exact) mass is 536 g/mol. The van der Waals surface area contributed by atoms with E-state index in [0.29, 0.717) is 38.6 Å². The molecule has 3 rings (SSSR count). The lowest BCUT2D eigenvalue weighted by atomic mass is 10.1. The molecule has 0 saturated heterocycles. The standard InChI is InChI=1S/C23H25BrN2O6S/c1-29-17-9-8-16(21(12-17)31-3)14-26(33(27,28)23-7-5-6-10-25-23)15-19-20(24)11-18(30-2)13-22(19)32-4/h5-13H,14-15H2,1-4H3. The molecule has 0 aliphatic heterocycles. The first-order valence-electron chi connectivity index (χ1n) is 9.86. The number of sulfonamides is 1. The highest BCUT2D eigenvalue weighted by molar-refractivity contribution is 9.10. The van der Waals surface area contributed by atoms with E-state index < -0.39 is 10.0 Å². The molecule has 10 heteroatoms. The van der Waals surface area contributed by atoms with E-state index in [1.54, 1.807) is 56.7 Å². The maximum atomic E-state index is 13.6. The number of pyridine rings is 1. The predicted molar refractivity (Wildman–Crippen MR) is 127 cm³/mol. The molecule has 1 aromatic heterocycles. The van der Waals surface area contributed by atoms with Crippen LogP contribution in [-0.4, -0.2) is 46.1 Å². The number of nitrogens with zero attached hydrogens (tertiary/aromatic N) is 2. The van der Waals surface area contributed by atoms with Crippen LogP contribution < -0.4 is 18.9 Å². The largest absolute Gasteiger partial charge is 0.497 e. The summed E-state index contributed by atoms with van der Waals surface area (Å²) in [6.07, 6.45) is 1.45. The minimum absolute atomic E-state index is 0.0157. The SMILES string of the molecule is COc1ccc(CN(Cc2c(Br)cc(OC)cc2OC)S(=O)(=O)c2ccccn2)c(OC)c1. The Labute approximate surface area is 202 Å². The summed E-state index contributed by atoms with van der Waals surface area (Å²) in [6.45, 7) is 0.0511. The summed E-state index contributed by atoms with van der Waals surface area (Å²) >= 11 is 3.53. The van der Waals surface area contributed by atoms with Crippen LogP contribution in [0.15, 0.2) is 64.2 Å². The summed E-state index contributed by atoms with van der Waals surface area (Å²) in [4.78, 5) is 4.07. The molecule has 0 fully saturated rings. The molecule has 8 nitrogen and oxygen atoms in total. The van der Waals surface area contributed by atoms with Crippen molar-refractivity contribution in [1.82, 2.24) is 9.29 Å². The van der Waals surface area contributed by atoms with Gasteiger partial charge < -0.3 is 18.9 Å². The molecule has 0 N–H and O–H groups in total. The molecule has 176 valence electrons. The Morgan fingerprint density at radius 2 is 1.55 bits per heavy atom. The quantitative estimate of drug-likeness (QED) is 0.382. The molecule has 3 aromatic rings. The molecule has 1 heterocycles. The molecule has 0 saturated carbocycles. The van der Waals surface area contributed by atoms with Crippen molar-refractivity contribution in [2.75, 3.05) is 28.4 Å². The molecule has 0 spiro atoms. The molecule has 33 heavy (non-hydrogen) atoms. The Morgan fingerprint density at radius 3 is 2.15 bits per heavy atom. The van der Waals surface area contributed by atoms with Gasteiger partial charge in [0.15, 0.2) is 5.03 Å². The minimum atomic E-state index is -3.97. The van der Waals surface area contributed by atoms with Gasteiger partial charge in [-0.1, -0.05) is 28.1 Å². The fraction of sp³-hybridized carbons (Fsp3) is 0.261. The Hall–Kier alpha value is -2.82. The van der Waals surface area contributed by atoms with Gasteiger partial charge >= 0.3 is 0 Å². The molecule has 0 aliphatic carbocycles. The van der Waals surface area contributed by atoms with Gasteiger partial charge in [-0.3, -0.25) is 0 Å². The highest BCUT2D eigenvalue weighted by atomic mass is 79.9. The van der Waals surface area contributed by atoms with Gasteiger partial charge in [-0.25, -0.2) is 13.4 Å². The van der Waals surface area contributed by atoms with Crippen LogP contribution in [-0.2, 0) is 23.1 Å². The van der Waals surface area contributed by atoms with Gasteiger partial charge in [-0.2, -0.15) is 4.31 Å². The normalized spacial score (nSPS) is 11.3. The second-order valence-electron chi connectivity index (χ2n) is 6.91. The molecule has 0 aliphatic rings. The Bertz CT molecular complexity index is 1210. The fourth-order valence-electron chi connectivity index (χ4n) is 3.25. The zero-order valence-electron chi connectivity index (χ0n) is 18.7. The van der Waals surface area contributed by atoms with Gasteiger partial charge in [-0.05, 0) is 24.3 Å². The minimum Gasteiger partial charge on any atom is -0.497 e. The van der Waals surface area contributed by atoms with E-state index in [1.807, 2.05) is 0 Å². The van der Waals surface area contributed by atoms with E-state index in [-0.39, 0.29) is 18.1 Å². The number of benzene rings is 2. The van der Waals surface area contributed by atoms with Gasteiger partial charge in [-0.15, -0.1) is 0 Å². The third-order valence-electron chi connectivity index (χ3n) is 5.00. The number of methoxy groups -OCH3 is 4. The molecular formula is C23H25BrN2O6S. The number of halogens is 1. The topological polar surface area (TPSA) is 87.2 Å². The number of hydrogen-bond acceptors (Lipinski definition) is 7. The van der Waals surface area contributed by atoms with Crippen molar-refractivity contribution < 1.29 is 27.4 Å². The van der Waals surface area contributed by atoms with Crippen LogP contribution in [0.3, 0.4) is 0 Å². The number of aromatic nitrogens is 1. The average molecular weight is 537 g/mol. The second kappa shape index (κ2) is 10.9. The molecule has 0 radical (unpaired) electrons. The summed E-state index contributed by atoms with van der Waals surface area (Å²) < 4.78 is 50.8. The second-order valence-corrected chi connectivity index (χ2v) is 9.65. The van der Waals surface area contributed by atoms with E-state index in [2.05, 4.69) is 20.9 Å².